The molecule has 0 atom stereocenters. The molecule has 3 rings (SSSR count). The minimum Gasteiger partial charge on any atom is -0.486 e. The Balaban J connectivity index is 1.72. The summed E-state index contributed by atoms with van der Waals surface area (Å²) in [6.45, 7) is 3.48. The third-order valence-electron chi connectivity index (χ3n) is 3.24. The number of benzene rings is 1. The standard InChI is InChI=1S/C15H15N3O3/c1-10-6-13-14(21-5-4-20-13)7-11(10)8-18-15(19)12-9-16-2-3-17-12/h2-3,6-7,9H,4-5,8H2,1H3,(H,18,19). The summed E-state index contributed by atoms with van der Waals surface area (Å²) in [5.74, 6) is 1.22. The number of ether oxygens (including phenoxy) is 2. The molecule has 6 heteroatoms. The molecule has 0 fully saturated rings. The Morgan fingerprint density at radius 2 is 2.00 bits per heavy atom. The molecule has 0 aliphatic carbocycles. The van der Waals surface area contributed by atoms with Gasteiger partial charge in [-0.3, -0.25) is 9.78 Å². The predicted octanol–water partition coefficient (Wildman–Crippen LogP) is 1.49. The van der Waals surface area contributed by atoms with Crippen molar-refractivity contribution >= 4 is 5.91 Å². The summed E-state index contributed by atoms with van der Waals surface area (Å²) in [5.41, 5.74) is 2.32. The van der Waals surface area contributed by atoms with Gasteiger partial charge in [0.25, 0.3) is 5.91 Å². The molecule has 0 bridgehead atoms. The van der Waals surface area contributed by atoms with E-state index >= 15 is 0 Å². The molecule has 1 aromatic heterocycles. The molecule has 0 radical (unpaired) electrons. The predicted molar refractivity (Wildman–Crippen MR) is 75.4 cm³/mol. The van der Waals surface area contributed by atoms with Crippen molar-refractivity contribution in [3.8, 4) is 11.5 Å². The molecule has 21 heavy (non-hydrogen) atoms. The third-order valence-corrected chi connectivity index (χ3v) is 3.24. The van der Waals surface area contributed by atoms with Gasteiger partial charge in [-0.15, -0.1) is 0 Å². The first-order chi connectivity index (χ1) is 10.2. The number of carbonyl (C=O) groups is 1. The van der Waals surface area contributed by atoms with Crippen molar-refractivity contribution in [2.75, 3.05) is 13.2 Å². The van der Waals surface area contributed by atoms with Crippen LogP contribution in [-0.4, -0.2) is 29.1 Å². The molecule has 1 amide bonds. The second-order valence-corrected chi connectivity index (χ2v) is 4.70. The van der Waals surface area contributed by atoms with Gasteiger partial charge in [0.1, 0.15) is 18.9 Å². The van der Waals surface area contributed by atoms with Gasteiger partial charge in [0.15, 0.2) is 11.5 Å². The van der Waals surface area contributed by atoms with Gasteiger partial charge in [-0.05, 0) is 30.2 Å². The zero-order valence-electron chi connectivity index (χ0n) is 11.6. The smallest absolute Gasteiger partial charge is 0.271 e. The highest BCUT2D eigenvalue weighted by Gasteiger charge is 2.15. The lowest BCUT2D eigenvalue weighted by Crippen LogP contribution is -2.24. The van der Waals surface area contributed by atoms with Crippen LogP contribution in [0.5, 0.6) is 11.5 Å². The molecular weight excluding hydrogens is 270 g/mol. The molecular formula is C15H15N3O3. The zero-order chi connectivity index (χ0) is 14.7. The summed E-state index contributed by atoms with van der Waals surface area (Å²) in [7, 11) is 0. The van der Waals surface area contributed by atoms with Crippen LogP contribution in [0.15, 0.2) is 30.7 Å². The van der Waals surface area contributed by atoms with Gasteiger partial charge in [0.05, 0.1) is 6.20 Å². The second-order valence-electron chi connectivity index (χ2n) is 4.70. The van der Waals surface area contributed by atoms with Crippen LogP contribution in [0, 0.1) is 6.92 Å². The molecule has 0 unspecified atom stereocenters. The molecule has 1 N–H and O–H groups in total. The van der Waals surface area contributed by atoms with Crippen LogP contribution in [0.3, 0.4) is 0 Å². The number of carbonyl (C=O) groups excluding carboxylic acids is 1. The highest BCUT2D eigenvalue weighted by Crippen LogP contribution is 2.32. The van der Waals surface area contributed by atoms with Crippen LogP contribution in [0.25, 0.3) is 0 Å². The highest BCUT2D eigenvalue weighted by molar-refractivity contribution is 5.91. The van der Waals surface area contributed by atoms with Crippen molar-refractivity contribution < 1.29 is 14.3 Å². The summed E-state index contributed by atoms with van der Waals surface area (Å²) in [6, 6.07) is 3.83. The Kier molecular flexibility index (Phi) is 3.68. The maximum atomic E-state index is 11.9. The van der Waals surface area contributed by atoms with Gasteiger partial charge in [0, 0.05) is 18.9 Å². The fraction of sp³-hybridized carbons (Fsp3) is 0.267. The average molecular weight is 285 g/mol. The monoisotopic (exact) mass is 285 g/mol. The minimum atomic E-state index is -0.252. The molecule has 1 aliphatic heterocycles. The molecule has 0 saturated carbocycles. The number of aromatic nitrogens is 2. The number of aryl methyl sites for hydroxylation is 1. The zero-order valence-corrected chi connectivity index (χ0v) is 11.6. The Morgan fingerprint density at radius 1 is 1.24 bits per heavy atom. The first-order valence-electron chi connectivity index (χ1n) is 6.67. The fourth-order valence-corrected chi connectivity index (χ4v) is 2.11. The van der Waals surface area contributed by atoms with Crippen LogP contribution in [0.4, 0.5) is 0 Å². The van der Waals surface area contributed by atoms with Gasteiger partial charge in [0.2, 0.25) is 0 Å². The molecule has 1 aromatic carbocycles. The Bertz CT molecular complexity index is 659. The van der Waals surface area contributed by atoms with Crippen molar-refractivity contribution in [3.05, 3.63) is 47.5 Å². The van der Waals surface area contributed by atoms with E-state index in [9.17, 15) is 4.79 Å². The average Bonchev–Trinajstić information content (AvgIpc) is 2.53. The summed E-state index contributed by atoms with van der Waals surface area (Å²) in [5, 5.41) is 2.83. The van der Waals surface area contributed by atoms with E-state index in [-0.39, 0.29) is 5.91 Å². The SMILES string of the molecule is Cc1cc2c(cc1CNC(=O)c1cnccn1)OCCO2. The van der Waals surface area contributed by atoms with Crippen molar-refractivity contribution in [2.45, 2.75) is 13.5 Å². The molecule has 0 spiro atoms. The Labute approximate surface area is 122 Å². The van der Waals surface area contributed by atoms with E-state index in [1.165, 1.54) is 18.6 Å². The number of amides is 1. The fourth-order valence-electron chi connectivity index (χ4n) is 2.11. The van der Waals surface area contributed by atoms with Crippen LogP contribution in [0.2, 0.25) is 0 Å². The van der Waals surface area contributed by atoms with E-state index in [1.807, 2.05) is 19.1 Å². The number of hydrogen-bond acceptors (Lipinski definition) is 5. The number of nitrogens with zero attached hydrogens (tertiary/aromatic N) is 2. The maximum absolute atomic E-state index is 11.9. The van der Waals surface area contributed by atoms with Crippen molar-refractivity contribution in [3.63, 3.8) is 0 Å². The molecule has 0 saturated heterocycles. The van der Waals surface area contributed by atoms with Gasteiger partial charge >= 0.3 is 0 Å². The highest BCUT2D eigenvalue weighted by atomic mass is 16.6. The molecule has 108 valence electrons. The van der Waals surface area contributed by atoms with E-state index < -0.39 is 0 Å². The van der Waals surface area contributed by atoms with Gasteiger partial charge in [-0.2, -0.15) is 0 Å². The lowest BCUT2D eigenvalue weighted by molar-refractivity contribution is 0.0945. The normalized spacial score (nSPS) is 12.8. The van der Waals surface area contributed by atoms with Crippen LogP contribution in [0.1, 0.15) is 21.6 Å². The number of fused-ring (bicyclic) bond motifs is 1. The van der Waals surface area contributed by atoms with Crippen molar-refractivity contribution in [1.82, 2.24) is 15.3 Å². The van der Waals surface area contributed by atoms with Gasteiger partial charge < -0.3 is 14.8 Å². The van der Waals surface area contributed by atoms with E-state index in [4.69, 9.17) is 9.47 Å². The third kappa shape index (κ3) is 2.94. The van der Waals surface area contributed by atoms with E-state index in [1.54, 1.807) is 0 Å². The number of rotatable bonds is 3. The van der Waals surface area contributed by atoms with Crippen LogP contribution < -0.4 is 14.8 Å². The topological polar surface area (TPSA) is 73.3 Å². The van der Waals surface area contributed by atoms with E-state index in [2.05, 4.69) is 15.3 Å². The second kappa shape index (κ2) is 5.78. The Morgan fingerprint density at radius 3 is 2.71 bits per heavy atom. The first-order valence-corrected chi connectivity index (χ1v) is 6.67. The van der Waals surface area contributed by atoms with E-state index in [0.717, 1.165) is 22.6 Å². The van der Waals surface area contributed by atoms with E-state index in [0.29, 0.717) is 25.5 Å². The number of nitrogens with one attached hydrogen (secondary N) is 1. The molecule has 1 aliphatic rings. The van der Waals surface area contributed by atoms with Gasteiger partial charge in [-0.25, -0.2) is 4.98 Å². The lowest BCUT2D eigenvalue weighted by atomic mass is 10.1. The van der Waals surface area contributed by atoms with Crippen LogP contribution in [-0.2, 0) is 6.54 Å². The summed E-state index contributed by atoms with van der Waals surface area (Å²) in [6.07, 6.45) is 4.46. The molecule has 2 heterocycles. The maximum Gasteiger partial charge on any atom is 0.271 e. The summed E-state index contributed by atoms with van der Waals surface area (Å²) in [4.78, 5) is 19.8. The molecule has 6 nitrogen and oxygen atoms in total. The number of hydrogen-bond donors (Lipinski definition) is 1. The molecule has 2 aromatic rings. The minimum absolute atomic E-state index is 0.252. The van der Waals surface area contributed by atoms with Crippen LogP contribution >= 0.6 is 0 Å². The summed E-state index contributed by atoms with van der Waals surface area (Å²) >= 11 is 0. The Hall–Kier alpha value is -2.63. The quantitative estimate of drug-likeness (QED) is 0.924. The van der Waals surface area contributed by atoms with Gasteiger partial charge in [-0.1, -0.05) is 0 Å². The summed E-state index contributed by atoms with van der Waals surface area (Å²) < 4.78 is 11.1. The lowest BCUT2D eigenvalue weighted by Gasteiger charge is -2.20. The largest absolute Gasteiger partial charge is 0.486 e. The van der Waals surface area contributed by atoms with Crippen molar-refractivity contribution in [2.24, 2.45) is 0 Å². The van der Waals surface area contributed by atoms with Crippen molar-refractivity contribution in [1.29, 1.82) is 0 Å². The first kappa shape index (κ1) is 13.4.